The van der Waals surface area contributed by atoms with E-state index in [0.29, 0.717) is 12.6 Å². The zero-order chi connectivity index (χ0) is 15.0. The zero-order valence-electron chi connectivity index (χ0n) is 12.7. The molecule has 1 aliphatic rings. The lowest BCUT2D eigenvalue weighted by molar-refractivity contribution is -0.138. The highest BCUT2D eigenvalue weighted by atomic mass is 16.4. The van der Waals surface area contributed by atoms with Crippen molar-refractivity contribution in [1.82, 2.24) is 10.2 Å². The maximum absolute atomic E-state index is 12.3. The third-order valence-corrected chi connectivity index (χ3v) is 4.09. The molecule has 1 heterocycles. The van der Waals surface area contributed by atoms with Gasteiger partial charge in [-0.15, -0.1) is 0 Å². The van der Waals surface area contributed by atoms with E-state index < -0.39 is 5.97 Å². The minimum absolute atomic E-state index is 0.0193. The van der Waals surface area contributed by atoms with E-state index in [2.05, 4.69) is 12.2 Å². The van der Waals surface area contributed by atoms with Crippen LogP contribution in [0, 0.1) is 5.92 Å². The molecule has 0 radical (unpaired) electrons. The maximum atomic E-state index is 12.3. The predicted molar refractivity (Wildman–Crippen MR) is 78.7 cm³/mol. The molecule has 1 fully saturated rings. The molecule has 2 N–H and O–H groups in total. The van der Waals surface area contributed by atoms with Crippen molar-refractivity contribution in [1.29, 1.82) is 0 Å². The van der Waals surface area contributed by atoms with Crippen molar-refractivity contribution in [3.8, 4) is 0 Å². The van der Waals surface area contributed by atoms with Crippen LogP contribution in [-0.2, 0) is 4.79 Å². The second-order valence-corrected chi connectivity index (χ2v) is 5.69. The Morgan fingerprint density at radius 3 is 2.70 bits per heavy atom. The summed E-state index contributed by atoms with van der Waals surface area (Å²) in [5.74, 6) is -0.779. The van der Waals surface area contributed by atoms with Gasteiger partial charge in [-0.25, -0.2) is 4.79 Å². The van der Waals surface area contributed by atoms with E-state index in [1.165, 1.54) is 6.42 Å². The summed E-state index contributed by atoms with van der Waals surface area (Å²) >= 11 is 0. The third-order valence-electron chi connectivity index (χ3n) is 4.09. The van der Waals surface area contributed by atoms with Crippen LogP contribution in [-0.4, -0.2) is 41.1 Å². The molecule has 2 unspecified atom stereocenters. The molecule has 0 aromatic carbocycles. The number of likely N-dealkylation sites (tertiary alicyclic amines) is 1. The molecule has 0 saturated carbocycles. The van der Waals surface area contributed by atoms with Crippen LogP contribution in [0.3, 0.4) is 0 Å². The maximum Gasteiger partial charge on any atom is 0.317 e. The number of carboxylic acids is 1. The highest BCUT2D eigenvalue weighted by molar-refractivity contribution is 5.74. The van der Waals surface area contributed by atoms with Crippen molar-refractivity contribution in [3.63, 3.8) is 0 Å². The number of aliphatic carboxylic acids is 1. The molecule has 20 heavy (non-hydrogen) atoms. The molecule has 1 rings (SSSR count). The van der Waals surface area contributed by atoms with Gasteiger partial charge in [-0.1, -0.05) is 26.7 Å². The van der Waals surface area contributed by atoms with E-state index in [4.69, 9.17) is 5.11 Å². The lowest BCUT2D eigenvalue weighted by atomic mass is 9.98. The number of carbonyl (C=O) groups excluding carboxylic acids is 1. The smallest absolute Gasteiger partial charge is 0.317 e. The average Bonchev–Trinajstić information content (AvgIpc) is 2.43. The Labute approximate surface area is 121 Å². The number of rotatable bonds is 7. The summed E-state index contributed by atoms with van der Waals surface area (Å²) in [6.07, 6.45) is 6.39. The molecule has 5 nitrogen and oxygen atoms in total. The molecule has 0 aromatic rings. The van der Waals surface area contributed by atoms with E-state index >= 15 is 0 Å². The molecule has 1 saturated heterocycles. The lowest BCUT2D eigenvalue weighted by Gasteiger charge is -2.36. The van der Waals surface area contributed by atoms with Gasteiger partial charge in [-0.05, 0) is 31.6 Å². The Kier molecular flexibility index (Phi) is 7.41. The molecule has 2 atom stereocenters. The fourth-order valence-electron chi connectivity index (χ4n) is 2.84. The van der Waals surface area contributed by atoms with Crippen LogP contribution in [0.1, 0.15) is 58.8 Å². The minimum atomic E-state index is -0.798. The standard InChI is InChI=1S/C15H28N2O3/c1-3-7-13-8-5-6-9-17(13)15(20)16-11-12(4-2)10-14(18)19/h12-13H,3-11H2,1-2H3,(H,16,20)(H,18,19). The Bertz CT molecular complexity index is 318. The number of amides is 2. The van der Waals surface area contributed by atoms with Crippen molar-refractivity contribution in [2.45, 2.75) is 64.8 Å². The summed E-state index contributed by atoms with van der Waals surface area (Å²) in [6, 6.07) is 0.334. The van der Waals surface area contributed by atoms with Gasteiger partial charge in [0.25, 0.3) is 0 Å². The highest BCUT2D eigenvalue weighted by Crippen LogP contribution is 2.20. The molecule has 2 amide bonds. The summed E-state index contributed by atoms with van der Waals surface area (Å²) in [5.41, 5.74) is 0. The predicted octanol–water partition coefficient (Wildman–Crippen LogP) is 2.85. The molecule has 0 aliphatic carbocycles. The number of nitrogens with zero attached hydrogens (tertiary/aromatic N) is 1. The van der Waals surface area contributed by atoms with Gasteiger partial charge >= 0.3 is 12.0 Å². The zero-order valence-corrected chi connectivity index (χ0v) is 12.7. The van der Waals surface area contributed by atoms with E-state index in [1.807, 2.05) is 11.8 Å². The van der Waals surface area contributed by atoms with Crippen LogP contribution in [0.25, 0.3) is 0 Å². The molecule has 0 spiro atoms. The van der Waals surface area contributed by atoms with Gasteiger partial charge in [0.1, 0.15) is 0 Å². The molecule has 0 aromatic heterocycles. The van der Waals surface area contributed by atoms with E-state index in [1.54, 1.807) is 0 Å². The first kappa shape index (κ1) is 16.8. The number of hydrogen-bond donors (Lipinski definition) is 2. The van der Waals surface area contributed by atoms with E-state index in [-0.39, 0.29) is 18.4 Å². The number of urea groups is 1. The number of carbonyl (C=O) groups is 2. The fraction of sp³-hybridized carbons (Fsp3) is 0.867. The first-order valence-corrected chi connectivity index (χ1v) is 7.84. The molecule has 5 heteroatoms. The van der Waals surface area contributed by atoms with Crippen LogP contribution >= 0.6 is 0 Å². The number of hydrogen-bond acceptors (Lipinski definition) is 2. The van der Waals surface area contributed by atoms with Gasteiger partial charge in [-0.3, -0.25) is 4.79 Å². The quantitative estimate of drug-likeness (QED) is 0.755. The van der Waals surface area contributed by atoms with E-state index in [9.17, 15) is 9.59 Å². The summed E-state index contributed by atoms with van der Waals surface area (Å²) in [4.78, 5) is 24.9. The van der Waals surface area contributed by atoms with Crippen molar-refractivity contribution < 1.29 is 14.7 Å². The Morgan fingerprint density at radius 2 is 2.10 bits per heavy atom. The fourth-order valence-corrected chi connectivity index (χ4v) is 2.84. The number of carboxylic acid groups (broad SMARTS) is 1. The topological polar surface area (TPSA) is 69.6 Å². The van der Waals surface area contributed by atoms with Gasteiger partial charge in [0, 0.05) is 25.6 Å². The summed E-state index contributed by atoms with van der Waals surface area (Å²) in [5, 5.41) is 11.7. The summed E-state index contributed by atoms with van der Waals surface area (Å²) < 4.78 is 0. The van der Waals surface area contributed by atoms with Gasteiger partial charge < -0.3 is 15.3 Å². The molecule has 1 aliphatic heterocycles. The van der Waals surface area contributed by atoms with Crippen molar-refractivity contribution in [3.05, 3.63) is 0 Å². The third kappa shape index (κ3) is 5.39. The minimum Gasteiger partial charge on any atom is -0.481 e. The van der Waals surface area contributed by atoms with Crippen LogP contribution in [0.15, 0.2) is 0 Å². The second kappa shape index (κ2) is 8.82. The van der Waals surface area contributed by atoms with Crippen molar-refractivity contribution in [2.24, 2.45) is 5.92 Å². The van der Waals surface area contributed by atoms with Gasteiger partial charge in [0.15, 0.2) is 0 Å². The van der Waals surface area contributed by atoms with Gasteiger partial charge in [0.05, 0.1) is 0 Å². The van der Waals surface area contributed by atoms with Gasteiger partial charge in [0.2, 0.25) is 0 Å². The monoisotopic (exact) mass is 284 g/mol. The molecular formula is C15H28N2O3. The number of piperidine rings is 1. The van der Waals surface area contributed by atoms with Crippen molar-refractivity contribution in [2.75, 3.05) is 13.1 Å². The highest BCUT2D eigenvalue weighted by Gasteiger charge is 2.26. The molecule has 116 valence electrons. The SMILES string of the molecule is CCCC1CCCCN1C(=O)NCC(CC)CC(=O)O. The van der Waals surface area contributed by atoms with Crippen LogP contribution in [0.2, 0.25) is 0 Å². The Hall–Kier alpha value is -1.26. The lowest BCUT2D eigenvalue weighted by Crippen LogP contribution is -2.49. The Morgan fingerprint density at radius 1 is 1.35 bits per heavy atom. The van der Waals surface area contributed by atoms with Gasteiger partial charge in [-0.2, -0.15) is 0 Å². The first-order chi connectivity index (χ1) is 9.58. The molecule has 0 bridgehead atoms. The Balaban J connectivity index is 2.44. The van der Waals surface area contributed by atoms with Crippen LogP contribution < -0.4 is 5.32 Å². The van der Waals surface area contributed by atoms with E-state index in [0.717, 1.165) is 38.6 Å². The largest absolute Gasteiger partial charge is 0.481 e. The summed E-state index contributed by atoms with van der Waals surface area (Å²) in [6.45, 7) is 5.38. The summed E-state index contributed by atoms with van der Waals surface area (Å²) in [7, 11) is 0. The average molecular weight is 284 g/mol. The van der Waals surface area contributed by atoms with Crippen LogP contribution in [0.4, 0.5) is 4.79 Å². The normalized spacial score (nSPS) is 20.5. The van der Waals surface area contributed by atoms with Crippen molar-refractivity contribution >= 4 is 12.0 Å². The number of nitrogens with one attached hydrogen (secondary N) is 1. The second-order valence-electron chi connectivity index (χ2n) is 5.69. The molecular weight excluding hydrogens is 256 g/mol. The first-order valence-electron chi connectivity index (χ1n) is 7.84. The van der Waals surface area contributed by atoms with Crippen LogP contribution in [0.5, 0.6) is 0 Å².